The minimum Gasteiger partial charge on any atom is -0.493 e. The molecule has 0 radical (unpaired) electrons. The summed E-state index contributed by atoms with van der Waals surface area (Å²) in [7, 11) is -1.09. The number of hydrogen-bond donors (Lipinski definition) is 1. The maximum atomic E-state index is 12.0. The largest absolute Gasteiger partial charge is 0.493 e. The van der Waals surface area contributed by atoms with Crippen molar-refractivity contribution >= 4 is 32.4 Å². The highest BCUT2D eigenvalue weighted by Gasteiger charge is 2.04. The molecule has 0 heterocycles. The van der Waals surface area contributed by atoms with Gasteiger partial charge in [-0.05, 0) is 42.5 Å². The summed E-state index contributed by atoms with van der Waals surface area (Å²) in [6, 6.07) is 14.7. The lowest BCUT2D eigenvalue weighted by Crippen LogP contribution is -2.08. The lowest BCUT2D eigenvalue weighted by atomic mass is 10.3. The Morgan fingerprint density at radius 3 is 2.58 bits per heavy atom. The third kappa shape index (κ3) is 4.36. The number of halogens is 1. The van der Waals surface area contributed by atoms with Gasteiger partial charge in [-0.25, -0.2) is 0 Å². The van der Waals surface area contributed by atoms with Crippen molar-refractivity contribution in [2.75, 3.05) is 18.1 Å². The first kappa shape index (κ1) is 14.1. The fraction of sp³-hybridized carbons (Fsp3) is 0.143. The van der Waals surface area contributed by atoms with Crippen LogP contribution in [0.3, 0.4) is 0 Å². The second-order valence-electron chi connectivity index (χ2n) is 3.92. The first-order chi connectivity index (χ1) is 9.15. The quantitative estimate of drug-likeness (QED) is 0.851. The van der Waals surface area contributed by atoms with Crippen molar-refractivity contribution in [1.29, 1.82) is 0 Å². The number of anilines is 1. The minimum absolute atomic E-state index is 0.406. The van der Waals surface area contributed by atoms with E-state index in [0.717, 1.165) is 15.1 Å². The topological polar surface area (TPSA) is 52.3 Å². The average molecular weight is 340 g/mol. The van der Waals surface area contributed by atoms with Crippen molar-refractivity contribution in [2.24, 2.45) is 0 Å². The van der Waals surface area contributed by atoms with Crippen LogP contribution in [0, 0.1) is 0 Å². The Morgan fingerprint density at radius 2 is 1.89 bits per heavy atom. The molecule has 0 bridgehead atoms. The van der Waals surface area contributed by atoms with Crippen molar-refractivity contribution < 1.29 is 8.95 Å². The van der Waals surface area contributed by atoms with E-state index in [-0.39, 0.29) is 0 Å². The van der Waals surface area contributed by atoms with Crippen molar-refractivity contribution in [3.8, 4) is 5.75 Å². The van der Waals surface area contributed by atoms with Crippen molar-refractivity contribution in [3.05, 3.63) is 53.0 Å². The zero-order valence-corrected chi connectivity index (χ0v) is 12.6. The zero-order chi connectivity index (χ0) is 13.7. The summed E-state index contributed by atoms with van der Waals surface area (Å²) >= 11 is 3.36. The molecule has 0 saturated heterocycles. The first-order valence-electron chi connectivity index (χ1n) is 5.77. The molecule has 1 unspecified atom stereocenters. The van der Waals surface area contributed by atoms with Crippen LogP contribution in [0.1, 0.15) is 0 Å². The summed E-state index contributed by atoms with van der Waals surface area (Å²) < 4.78 is 18.6. The molecule has 1 atom stereocenters. The van der Waals surface area contributed by atoms with Gasteiger partial charge in [0.1, 0.15) is 12.4 Å². The van der Waals surface area contributed by atoms with Gasteiger partial charge in [0.25, 0.3) is 0 Å². The van der Waals surface area contributed by atoms with Crippen molar-refractivity contribution in [2.45, 2.75) is 4.90 Å². The Balaban J connectivity index is 1.86. The summed E-state index contributed by atoms with van der Waals surface area (Å²) in [6.07, 6.45) is 0. The van der Waals surface area contributed by atoms with Gasteiger partial charge in [-0.1, -0.05) is 22.0 Å². The molecule has 0 fully saturated rings. The van der Waals surface area contributed by atoms with Crippen LogP contribution >= 0.6 is 15.9 Å². The van der Waals surface area contributed by atoms with E-state index >= 15 is 0 Å². The van der Waals surface area contributed by atoms with Crippen LogP contribution in [0.2, 0.25) is 0 Å². The van der Waals surface area contributed by atoms with Crippen LogP contribution in [0.4, 0.5) is 5.69 Å². The average Bonchev–Trinajstić information content (AvgIpc) is 2.41. The van der Waals surface area contributed by atoms with E-state index in [0.29, 0.717) is 18.0 Å². The molecule has 0 aliphatic rings. The van der Waals surface area contributed by atoms with Crippen LogP contribution in [-0.2, 0) is 10.8 Å². The van der Waals surface area contributed by atoms with Gasteiger partial charge in [0.15, 0.2) is 0 Å². The predicted octanol–water partition coefficient (Wildman–Crippen LogP) is 3.22. The number of nitrogen functional groups attached to an aromatic ring is 1. The molecule has 0 aromatic heterocycles. The van der Waals surface area contributed by atoms with Gasteiger partial charge in [0.2, 0.25) is 0 Å². The van der Waals surface area contributed by atoms with E-state index in [2.05, 4.69) is 15.9 Å². The number of nitrogens with two attached hydrogens (primary N) is 1. The van der Waals surface area contributed by atoms with Gasteiger partial charge in [-0.15, -0.1) is 0 Å². The molecule has 2 aromatic carbocycles. The molecule has 0 aliphatic heterocycles. The Kier molecular flexibility index (Phi) is 4.99. The standard InChI is InChI=1S/C14H14BrNO2S/c15-11-4-6-13(7-5-11)18-8-9-19(17)14-3-1-2-12(16)10-14/h1-7,10H,8-9,16H2. The van der Waals surface area contributed by atoms with Crippen LogP contribution < -0.4 is 10.5 Å². The Hall–Kier alpha value is -1.33. The summed E-state index contributed by atoms with van der Waals surface area (Å²) in [5, 5.41) is 0. The fourth-order valence-electron chi connectivity index (χ4n) is 1.54. The second kappa shape index (κ2) is 6.73. The summed E-state index contributed by atoms with van der Waals surface area (Å²) in [5.74, 6) is 1.22. The third-order valence-corrected chi connectivity index (χ3v) is 4.32. The monoisotopic (exact) mass is 339 g/mol. The van der Waals surface area contributed by atoms with Gasteiger partial charge in [-0.3, -0.25) is 4.21 Å². The number of rotatable bonds is 5. The van der Waals surface area contributed by atoms with Gasteiger partial charge >= 0.3 is 0 Å². The Morgan fingerprint density at radius 1 is 1.16 bits per heavy atom. The number of ether oxygens (including phenoxy) is 1. The molecular formula is C14H14BrNO2S. The van der Waals surface area contributed by atoms with E-state index in [1.165, 1.54) is 0 Å². The van der Waals surface area contributed by atoms with E-state index in [1.54, 1.807) is 18.2 Å². The van der Waals surface area contributed by atoms with Crippen LogP contribution in [-0.4, -0.2) is 16.6 Å². The highest BCUT2D eigenvalue weighted by molar-refractivity contribution is 9.10. The highest BCUT2D eigenvalue weighted by Crippen LogP contribution is 2.16. The molecule has 2 rings (SSSR count). The maximum absolute atomic E-state index is 12.0. The molecule has 0 aliphatic carbocycles. The van der Waals surface area contributed by atoms with E-state index < -0.39 is 10.8 Å². The van der Waals surface area contributed by atoms with Gasteiger partial charge < -0.3 is 10.5 Å². The van der Waals surface area contributed by atoms with Crippen molar-refractivity contribution in [1.82, 2.24) is 0 Å². The highest BCUT2D eigenvalue weighted by atomic mass is 79.9. The molecule has 2 aromatic rings. The Bertz CT molecular complexity index is 572. The van der Waals surface area contributed by atoms with Crippen molar-refractivity contribution in [3.63, 3.8) is 0 Å². The molecule has 0 amide bonds. The fourth-order valence-corrected chi connectivity index (χ4v) is 2.77. The van der Waals surface area contributed by atoms with Crippen LogP contribution in [0.15, 0.2) is 57.9 Å². The van der Waals surface area contributed by atoms with Gasteiger partial charge in [0, 0.05) is 15.1 Å². The van der Waals surface area contributed by atoms with Gasteiger partial charge in [0.05, 0.1) is 16.6 Å². The third-order valence-electron chi connectivity index (χ3n) is 2.47. The minimum atomic E-state index is -1.09. The normalized spacial score (nSPS) is 12.1. The van der Waals surface area contributed by atoms with Crippen LogP contribution in [0.25, 0.3) is 0 Å². The smallest absolute Gasteiger partial charge is 0.119 e. The lowest BCUT2D eigenvalue weighted by molar-refractivity contribution is 0.342. The summed E-state index contributed by atoms with van der Waals surface area (Å²) in [6.45, 7) is 0.406. The molecule has 0 saturated carbocycles. The molecule has 5 heteroatoms. The molecule has 0 spiro atoms. The maximum Gasteiger partial charge on any atom is 0.119 e. The SMILES string of the molecule is Nc1cccc(S(=O)CCOc2ccc(Br)cc2)c1. The predicted molar refractivity (Wildman–Crippen MR) is 81.8 cm³/mol. The molecular weight excluding hydrogens is 326 g/mol. The Labute approximate surface area is 123 Å². The molecule has 2 N–H and O–H groups in total. The molecule has 100 valence electrons. The summed E-state index contributed by atoms with van der Waals surface area (Å²) in [4.78, 5) is 0.736. The molecule has 3 nitrogen and oxygen atoms in total. The number of hydrogen-bond acceptors (Lipinski definition) is 3. The van der Waals surface area contributed by atoms with E-state index in [4.69, 9.17) is 10.5 Å². The number of benzene rings is 2. The van der Waals surface area contributed by atoms with E-state index in [9.17, 15) is 4.21 Å². The first-order valence-corrected chi connectivity index (χ1v) is 7.88. The molecule has 19 heavy (non-hydrogen) atoms. The zero-order valence-electron chi connectivity index (χ0n) is 10.2. The van der Waals surface area contributed by atoms with Gasteiger partial charge in [-0.2, -0.15) is 0 Å². The lowest BCUT2D eigenvalue weighted by Gasteiger charge is -2.06. The second-order valence-corrected chi connectivity index (χ2v) is 6.41. The van der Waals surface area contributed by atoms with E-state index in [1.807, 2.05) is 30.3 Å². The summed E-state index contributed by atoms with van der Waals surface area (Å²) in [5.41, 5.74) is 6.28. The van der Waals surface area contributed by atoms with Crippen LogP contribution in [0.5, 0.6) is 5.75 Å².